The van der Waals surface area contributed by atoms with Crippen molar-refractivity contribution in [1.29, 1.82) is 0 Å². The van der Waals surface area contributed by atoms with E-state index in [-0.39, 0.29) is 37.2 Å². The number of nitrogens with one attached hydrogen (secondary N) is 5. The number of carbonyl (C=O) groups is 7. The van der Waals surface area contributed by atoms with Crippen molar-refractivity contribution in [3.8, 4) is 5.75 Å². The molecule has 0 aromatic heterocycles. The number of phenolic OH excluding ortho intramolecular Hbond substituents is 1. The second-order valence-corrected chi connectivity index (χ2v) is 17.7. The predicted octanol–water partition coefficient (Wildman–Crippen LogP) is -5.24. The molecule has 0 aliphatic carbocycles. The van der Waals surface area contributed by atoms with Crippen LogP contribution in [0.15, 0.2) is 59.5 Å². The van der Waals surface area contributed by atoms with Crippen LogP contribution in [0.1, 0.15) is 51.2 Å². The second kappa shape index (κ2) is 22.8. The number of aliphatic hydroxyl groups excluding tert-OH is 7. The fraction of sp³-hybridized carbons (Fsp3) is 0.548. The summed E-state index contributed by atoms with van der Waals surface area (Å²) < 4.78 is 0. The SMILES string of the molecule is CC(=O)NC1CC(O)C(Sc2ccccc2)NC(=O)C2C(O)CCN2C(=O)C(C(O)CCN)NC(=O)C(C(O)C(O)c2ccc(O)cc2)NC(=O)C2CC(O)CN2C(=O)C(C(C)O)NC1=O. The second-order valence-electron chi connectivity index (χ2n) is 16.5. The zero-order valence-electron chi connectivity index (χ0n) is 36.0. The Labute approximate surface area is 383 Å². The first-order chi connectivity index (χ1) is 31.2. The van der Waals surface area contributed by atoms with Gasteiger partial charge in [-0.3, -0.25) is 33.6 Å². The fourth-order valence-corrected chi connectivity index (χ4v) is 9.12. The van der Waals surface area contributed by atoms with Gasteiger partial charge in [0.05, 0.1) is 30.5 Å². The summed E-state index contributed by atoms with van der Waals surface area (Å²) >= 11 is 0.907. The van der Waals surface area contributed by atoms with Crippen molar-refractivity contribution in [2.24, 2.45) is 5.73 Å². The number of nitrogens with zero attached hydrogens (tertiary/aromatic N) is 2. The van der Waals surface area contributed by atoms with Gasteiger partial charge < -0.3 is 83.0 Å². The van der Waals surface area contributed by atoms with Gasteiger partial charge in [0.15, 0.2) is 0 Å². The third kappa shape index (κ3) is 12.5. The molecular formula is C42H58N8O15S. The zero-order valence-corrected chi connectivity index (χ0v) is 36.9. The van der Waals surface area contributed by atoms with E-state index in [1.807, 2.05) is 0 Å². The zero-order chi connectivity index (χ0) is 48.6. The van der Waals surface area contributed by atoms with Gasteiger partial charge >= 0.3 is 0 Å². The lowest BCUT2D eigenvalue weighted by Crippen LogP contribution is -2.64. The minimum absolute atomic E-state index is 0.0598. The van der Waals surface area contributed by atoms with E-state index in [2.05, 4.69) is 26.6 Å². The molecule has 14 atom stereocenters. The van der Waals surface area contributed by atoms with Crippen molar-refractivity contribution in [3.63, 3.8) is 0 Å². The summed E-state index contributed by atoms with van der Waals surface area (Å²) in [5.74, 6) is -7.93. The summed E-state index contributed by atoms with van der Waals surface area (Å²) in [6.45, 7) is 1.13. The van der Waals surface area contributed by atoms with Crippen LogP contribution in [0.4, 0.5) is 0 Å². The first-order valence-corrected chi connectivity index (χ1v) is 22.2. The van der Waals surface area contributed by atoms with Crippen molar-refractivity contribution in [3.05, 3.63) is 60.2 Å². The maximum Gasteiger partial charge on any atom is 0.248 e. The van der Waals surface area contributed by atoms with Gasteiger partial charge in [0.25, 0.3) is 0 Å². The molecule has 14 unspecified atom stereocenters. The summed E-state index contributed by atoms with van der Waals surface area (Å²) in [6, 6.07) is 1.96. The molecule has 3 fully saturated rings. The minimum atomic E-state index is -2.27. The molecule has 3 heterocycles. The summed E-state index contributed by atoms with van der Waals surface area (Å²) in [5, 5.41) is 99.2. The highest BCUT2D eigenvalue weighted by Gasteiger charge is 2.49. The third-order valence-electron chi connectivity index (χ3n) is 11.5. The van der Waals surface area contributed by atoms with Crippen molar-refractivity contribution in [2.75, 3.05) is 19.6 Å². The van der Waals surface area contributed by atoms with Crippen LogP contribution in [-0.2, 0) is 33.6 Å². The molecule has 24 heteroatoms. The average molecular weight is 947 g/mol. The van der Waals surface area contributed by atoms with Gasteiger partial charge in [0.1, 0.15) is 59.6 Å². The Bertz CT molecular complexity index is 2050. The molecule has 7 amide bonds. The number of amides is 7. The molecule has 0 saturated carbocycles. The lowest BCUT2D eigenvalue weighted by atomic mass is 9.96. The number of phenols is 1. The highest BCUT2D eigenvalue weighted by Crippen LogP contribution is 2.29. The summed E-state index contributed by atoms with van der Waals surface area (Å²) in [7, 11) is 0. The number of hydrogen-bond donors (Lipinski definition) is 14. The van der Waals surface area contributed by atoms with E-state index in [1.165, 1.54) is 12.1 Å². The van der Waals surface area contributed by atoms with Gasteiger partial charge in [0.2, 0.25) is 41.4 Å². The predicted molar refractivity (Wildman–Crippen MR) is 231 cm³/mol. The molecule has 3 aliphatic heterocycles. The van der Waals surface area contributed by atoms with Crippen LogP contribution in [-0.4, -0.2) is 190 Å². The third-order valence-corrected chi connectivity index (χ3v) is 12.8. The molecule has 0 radical (unpaired) electrons. The van der Waals surface area contributed by atoms with Crippen LogP contribution < -0.4 is 32.3 Å². The van der Waals surface area contributed by atoms with Crippen LogP contribution in [0.3, 0.4) is 0 Å². The fourth-order valence-electron chi connectivity index (χ4n) is 8.07. The summed E-state index contributed by atoms with van der Waals surface area (Å²) in [5.41, 5.74) is 5.66. The van der Waals surface area contributed by atoms with Gasteiger partial charge in [-0.2, -0.15) is 0 Å². The average Bonchev–Trinajstić information content (AvgIpc) is 3.87. The Morgan fingerprint density at radius 1 is 0.788 bits per heavy atom. The Morgan fingerprint density at radius 3 is 2.03 bits per heavy atom. The quantitative estimate of drug-likeness (QED) is 0.106. The highest BCUT2D eigenvalue weighted by atomic mass is 32.2. The van der Waals surface area contributed by atoms with E-state index in [0.29, 0.717) is 4.90 Å². The van der Waals surface area contributed by atoms with Gasteiger partial charge in [0, 0.05) is 37.8 Å². The Morgan fingerprint density at radius 2 is 1.41 bits per heavy atom. The highest BCUT2D eigenvalue weighted by molar-refractivity contribution is 8.00. The van der Waals surface area contributed by atoms with Crippen molar-refractivity contribution in [2.45, 2.75) is 129 Å². The Hall–Kier alpha value is -5.44. The molecule has 3 saturated heterocycles. The molecule has 3 aliphatic rings. The van der Waals surface area contributed by atoms with Gasteiger partial charge in [-0.1, -0.05) is 42.1 Å². The van der Waals surface area contributed by atoms with E-state index < -0.39 is 145 Å². The molecule has 0 bridgehead atoms. The Kier molecular flexibility index (Phi) is 17.8. The first kappa shape index (κ1) is 51.5. The standard InChI is InChI=1S/C42H58N8O15S/c1-19(51)30-41(64)50-18-23(54)16-26(50)37(61)47-32(35(59)34(58)21-8-10-22(53)11-9-21)38(62)46-31(27(55)12-14-43)42(65)49-15-13-28(56)33(49)39(63)48-40(66-24-6-4-3-5-7-24)29(57)17-25(36(60)45-30)44-20(2)52/h3-11,19,23,25-35,40,51,53-59H,12-18,43H2,1-2H3,(H,44,52)(H,45,60)(H,46,62)(H,47,61)(H,48,63). The van der Waals surface area contributed by atoms with E-state index in [4.69, 9.17) is 5.73 Å². The number of hydrogen-bond acceptors (Lipinski definition) is 17. The van der Waals surface area contributed by atoms with Gasteiger partial charge in [-0.15, -0.1) is 0 Å². The van der Waals surface area contributed by atoms with Crippen LogP contribution in [0.25, 0.3) is 0 Å². The lowest BCUT2D eigenvalue weighted by Gasteiger charge is -2.35. The maximum atomic E-state index is 14.5. The Balaban J connectivity index is 1.63. The molecule has 5 rings (SSSR count). The van der Waals surface area contributed by atoms with Crippen LogP contribution in [0.5, 0.6) is 5.75 Å². The number of fused-ring (bicyclic) bond motifs is 2. The monoisotopic (exact) mass is 946 g/mol. The van der Waals surface area contributed by atoms with Gasteiger partial charge in [-0.05, 0) is 56.1 Å². The maximum absolute atomic E-state index is 14.5. The van der Waals surface area contributed by atoms with Crippen molar-refractivity contribution < 1.29 is 74.4 Å². The minimum Gasteiger partial charge on any atom is -0.508 e. The van der Waals surface area contributed by atoms with Crippen LogP contribution in [0, 0.1) is 0 Å². The number of nitrogens with two attached hydrogens (primary N) is 1. The van der Waals surface area contributed by atoms with Gasteiger partial charge in [-0.25, -0.2) is 0 Å². The molecule has 66 heavy (non-hydrogen) atoms. The van der Waals surface area contributed by atoms with Crippen molar-refractivity contribution in [1.82, 2.24) is 36.4 Å². The number of thioether (sulfide) groups is 1. The topological polar surface area (TPSA) is 374 Å². The molecular weight excluding hydrogens is 889 g/mol. The number of aliphatic hydroxyl groups is 7. The number of benzene rings is 2. The van der Waals surface area contributed by atoms with E-state index in [1.54, 1.807) is 30.3 Å². The van der Waals surface area contributed by atoms with Crippen LogP contribution in [0.2, 0.25) is 0 Å². The molecule has 23 nitrogen and oxygen atoms in total. The van der Waals surface area contributed by atoms with Crippen molar-refractivity contribution >= 4 is 53.1 Å². The largest absolute Gasteiger partial charge is 0.508 e. The number of aromatic hydroxyl groups is 1. The van der Waals surface area contributed by atoms with E-state index in [9.17, 15) is 74.4 Å². The van der Waals surface area contributed by atoms with E-state index >= 15 is 0 Å². The number of carbonyl (C=O) groups excluding carboxylic acids is 7. The lowest BCUT2D eigenvalue weighted by molar-refractivity contribution is -0.148. The molecule has 15 N–H and O–H groups in total. The smallest absolute Gasteiger partial charge is 0.248 e. The van der Waals surface area contributed by atoms with E-state index in [0.717, 1.165) is 47.5 Å². The summed E-state index contributed by atoms with van der Waals surface area (Å²) in [6.07, 6.45) is -14.0. The summed E-state index contributed by atoms with van der Waals surface area (Å²) in [4.78, 5) is 100. The normalized spacial score (nSPS) is 30.3. The van der Waals surface area contributed by atoms with Crippen LogP contribution >= 0.6 is 11.8 Å². The molecule has 2 aromatic rings. The molecule has 362 valence electrons. The number of rotatable bonds is 10. The molecule has 2 aromatic carbocycles. The first-order valence-electron chi connectivity index (χ1n) is 21.3. The molecule has 0 spiro atoms.